The average Bonchev–Trinajstić information content (AvgIpc) is 2.56. The lowest BCUT2D eigenvalue weighted by molar-refractivity contribution is 0.103. The van der Waals surface area contributed by atoms with Crippen LogP contribution in [-0.2, 0) is 0 Å². The highest BCUT2D eigenvalue weighted by Gasteiger charge is 2.19. The third kappa shape index (κ3) is 3.01. The van der Waals surface area contributed by atoms with Crippen molar-refractivity contribution in [3.63, 3.8) is 0 Å². The second-order valence-corrected chi connectivity index (χ2v) is 4.68. The fraction of sp³-hybridized carbons (Fsp3) is 0.176. The van der Waals surface area contributed by atoms with E-state index in [1.165, 1.54) is 36.4 Å². The maximum atomic E-state index is 12.3. The van der Waals surface area contributed by atoms with E-state index >= 15 is 0 Å². The largest absolute Gasteiger partial charge is 0.504 e. The van der Waals surface area contributed by atoms with Gasteiger partial charge >= 0.3 is 0 Å². The fourth-order valence-corrected chi connectivity index (χ4v) is 1.92. The van der Waals surface area contributed by atoms with Crippen molar-refractivity contribution in [2.24, 2.45) is 0 Å². The number of benzene rings is 2. The van der Waals surface area contributed by atoms with Crippen LogP contribution in [0.4, 0.5) is 0 Å². The number of ketones is 1. The predicted molar refractivity (Wildman–Crippen MR) is 80.1 cm³/mol. The van der Waals surface area contributed by atoms with Gasteiger partial charge in [0, 0.05) is 5.56 Å². The van der Waals surface area contributed by atoms with Crippen molar-refractivity contribution in [2.75, 3.05) is 6.61 Å². The zero-order valence-electron chi connectivity index (χ0n) is 12.0. The Labute approximate surface area is 128 Å². The van der Waals surface area contributed by atoms with Crippen LogP contribution >= 0.6 is 0 Å². The first kappa shape index (κ1) is 15.4. The molecule has 0 aliphatic rings. The van der Waals surface area contributed by atoms with Crippen LogP contribution in [0.25, 0.3) is 0 Å². The summed E-state index contributed by atoms with van der Waals surface area (Å²) in [6.45, 7) is 2.32. The Morgan fingerprint density at radius 1 is 1.14 bits per heavy atom. The van der Waals surface area contributed by atoms with Crippen LogP contribution in [0, 0.1) is 11.3 Å². The topological polar surface area (TPSA) is 90.6 Å². The summed E-state index contributed by atoms with van der Waals surface area (Å²) in [4.78, 5) is 12.3. The summed E-state index contributed by atoms with van der Waals surface area (Å²) in [7, 11) is 0. The number of nitriles is 1. The van der Waals surface area contributed by atoms with Crippen molar-refractivity contribution in [3.05, 3.63) is 53.1 Å². The Kier molecular flexibility index (Phi) is 4.64. The van der Waals surface area contributed by atoms with E-state index in [1.54, 1.807) is 0 Å². The third-order valence-electron chi connectivity index (χ3n) is 3.10. The summed E-state index contributed by atoms with van der Waals surface area (Å²) in [5, 5.41) is 28.7. The molecule has 0 spiro atoms. The van der Waals surface area contributed by atoms with Crippen molar-refractivity contribution in [1.29, 1.82) is 5.26 Å². The molecule has 2 N–H and O–H groups in total. The smallest absolute Gasteiger partial charge is 0.201 e. The number of nitrogens with zero attached hydrogens (tertiary/aromatic N) is 1. The number of ether oxygens (including phenoxy) is 1. The molecule has 0 aliphatic carbocycles. The number of phenols is 2. The lowest BCUT2D eigenvalue weighted by atomic mass is 10.0. The van der Waals surface area contributed by atoms with Crippen LogP contribution in [0.3, 0.4) is 0 Å². The minimum Gasteiger partial charge on any atom is -0.504 e. The lowest BCUT2D eigenvalue weighted by Crippen LogP contribution is -2.03. The maximum Gasteiger partial charge on any atom is 0.201 e. The van der Waals surface area contributed by atoms with Gasteiger partial charge in [0.2, 0.25) is 5.75 Å². The monoisotopic (exact) mass is 297 g/mol. The first-order chi connectivity index (χ1) is 10.6. The molecule has 0 aromatic heterocycles. The van der Waals surface area contributed by atoms with E-state index in [1.807, 2.05) is 13.0 Å². The van der Waals surface area contributed by atoms with E-state index in [9.17, 15) is 15.0 Å². The SMILES string of the molecule is CCCOc1ccc(C(=O)c2ccc(C#N)cc2)c(O)c1O. The minimum absolute atomic E-state index is 0.0222. The number of hydrogen-bond donors (Lipinski definition) is 2. The second kappa shape index (κ2) is 6.64. The van der Waals surface area contributed by atoms with Crippen molar-refractivity contribution in [1.82, 2.24) is 0 Å². The fourth-order valence-electron chi connectivity index (χ4n) is 1.92. The molecule has 0 atom stereocenters. The number of aromatic hydroxyl groups is 2. The highest BCUT2D eigenvalue weighted by molar-refractivity contribution is 6.11. The highest BCUT2D eigenvalue weighted by Crippen LogP contribution is 2.38. The van der Waals surface area contributed by atoms with Crippen molar-refractivity contribution in [2.45, 2.75) is 13.3 Å². The van der Waals surface area contributed by atoms with Crippen LogP contribution in [0.5, 0.6) is 17.2 Å². The molecule has 2 aromatic rings. The molecule has 0 aliphatic heterocycles. The van der Waals surface area contributed by atoms with E-state index in [-0.39, 0.29) is 11.3 Å². The number of hydrogen-bond acceptors (Lipinski definition) is 5. The van der Waals surface area contributed by atoms with Crippen LogP contribution in [-0.4, -0.2) is 22.6 Å². The number of phenolic OH excluding ortho intramolecular Hbond substituents is 2. The van der Waals surface area contributed by atoms with Gasteiger partial charge in [0.05, 0.1) is 23.8 Å². The van der Waals surface area contributed by atoms with E-state index < -0.39 is 17.3 Å². The number of carbonyl (C=O) groups excluding carboxylic acids is 1. The zero-order chi connectivity index (χ0) is 16.1. The Morgan fingerprint density at radius 3 is 2.41 bits per heavy atom. The highest BCUT2D eigenvalue weighted by atomic mass is 16.5. The van der Waals surface area contributed by atoms with Gasteiger partial charge in [-0.2, -0.15) is 5.26 Å². The first-order valence-corrected chi connectivity index (χ1v) is 6.81. The van der Waals surface area contributed by atoms with Gasteiger partial charge in [-0.25, -0.2) is 0 Å². The van der Waals surface area contributed by atoms with E-state index in [2.05, 4.69) is 0 Å². The van der Waals surface area contributed by atoms with Gasteiger partial charge in [0.15, 0.2) is 17.3 Å². The molecule has 0 saturated carbocycles. The summed E-state index contributed by atoms with van der Waals surface area (Å²) in [6.07, 6.45) is 0.756. The molecule has 2 aromatic carbocycles. The molecule has 0 radical (unpaired) electrons. The third-order valence-corrected chi connectivity index (χ3v) is 3.10. The van der Waals surface area contributed by atoms with Gasteiger partial charge in [-0.05, 0) is 42.8 Å². The molecule has 0 bridgehead atoms. The van der Waals surface area contributed by atoms with Crippen LogP contribution in [0.2, 0.25) is 0 Å². The molecular weight excluding hydrogens is 282 g/mol. The summed E-state index contributed by atoms with van der Waals surface area (Å²) in [5.74, 6) is -1.27. The molecule has 0 heterocycles. The molecule has 5 heteroatoms. The van der Waals surface area contributed by atoms with Crippen LogP contribution < -0.4 is 4.74 Å². The van der Waals surface area contributed by atoms with E-state index in [0.29, 0.717) is 17.7 Å². The lowest BCUT2D eigenvalue weighted by Gasteiger charge is -2.11. The number of rotatable bonds is 5. The Morgan fingerprint density at radius 2 is 1.82 bits per heavy atom. The molecule has 0 saturated heterocycles. The zero-order valence-corrected chi connectivity index (χ0v) is 12.0. The maximum absolute atomic E-state index is 12.3. The van der Waals surface area contributed by atoms with Crippen LogP contribution in [0.15, 0.2) is 36.4 Å². The van der Waals surface area contributed by atoms with Crippen molar-refractivity contribution < 1.29 is 19.7 Å². The van der Waals surface area contributed by atoms with Gasteiger partial charge in [-0.15, -0.1) is 0 Å². The van der Waals surface area contributed by atoms with Crippen molar-refractivity contribution in [3.8, 4) is 23.3 Å². The Hall–Kier alpha value is -3.00. The molecule has 112 valence electrons. The summed E-state index contributed by atoms with van der Waals surface area (Å²) in [5.41, 5.74) is 0.730. The van der Waals surface area contributed by atoms with Gasteiger partial charge in [0.25, 0.3) is 0 Å². The van der Waals surface area contributed by atoms with Gasteiger partial charge in [-0.1, -0.05) is 6.92 Å². The molecule has 22 heavy (non-hydrogen) atoms. The van der Waals surface area contributed by atoms with Crippen molar-refractivity contribution >= 4 is 5.78 Å². The predicted octanol–water partition coefficient (Wildman–Crippen LogP) is 2.99. The summed E-state index contributed by atoms with van der Waals surface area (Å²) < 4.78 is 5.28. The molecule has 0 fully saturated rings. The quantitative estimate of drug-likeness (QED) is 0.654. The normalized spacial score (nSPS) is 10.0. The van der Waals surface area contributed by atoms with E-state index in [0.717, 1.165) is 6.42 Å². The molecule has 0 unspecified atom stereocenters. The Bertz CT molecular complexity index is 730. The summed E-state index contributed by atoms with van der Waals surface area (Å²) in [6, 6.07) is 10.8. The second-order valence-electron chi connectivity index (χ2n) is 4.68. The standard InChI is InChI=1S/C17H15NO4/c1-2-9-22-14-8-7-13(16(20)17(14)21)15(19)12-5-3-11(10-18)4-6-12/h3-8,20-21H,2,9H2,1H3. The van der Waals surface area contributed by atoms with E-state index in [4.69, 9.17) is 10.00 Å². The average molecular weight is 297 g/mol. The van der Waals surface area contributed by atoms with Gasteiger partial charge in [-0.3, -0.25) is 4.79 Å². The molecule has 2 rings (SSSR count). The first-order valence-electron chi connectivity index (χ1n) is 6.81. The van der Waals surface area contributed by atoms with Crippen LogP contribution in [0.1, 0.15) is 34.8 Å². The summed E-state index contributed by atoms with van der Waals surface area (Å²) >= 11 is 0. The van der Waals surface area contributed by atoms with Gasteiger partial charge < -0.3 is 14.9 Å². The molecule has 0 amide bonds. The molecule has 5 nitrogen and oxygen atoms in total. The Balaban J connectivity index is 2.33. The van der Waals surface area contributed by atoms with Gasteiger partial charge in [0.1, 0.15) is 0 Å². The molecular formula is C17H15NO4. The number of carbonyl (C=O) groups is 1. The minimum atomic E-state index is -0.511.